The normalized spacial score (nSPS) is 15.0. The highest BCUT2D eigenvalue weighted by molar-refractivity contribution is 5.94. The zero-order valence-corrected chi connectivity index (χ0v) is 16.4. The Morgan fingerprint density at radius 3 is 2.36 bits per heavy atom. The molecule has 1 aliphatic rings. The molecule has 0 unspecified atom stereocenters. The zero-order valence-electron chi connectivity index (χ0n) is 16.4. The number of piperidine rings is 1. The molecule has 1 aliphatic heterocycles. The first-order valence-corrected chi connectivity index (χ1v) is 10.1. The number of carbonyl (C=O) groups excluding carboxylic acids is 1. The predicted molar refractivity (Wildman–Crippen MR) is 111 cm³/mol. The minimum atomic E-state index is 0.156. The molecule has 2 aromatic carbocycles. The molecule has 28 heavy (non-hydrogen) atoms. The van der Waals surface area contributed by atoms with Gasteiger partial charge in [-0.05, 0) is 55.4 Å². The van der Waals surface area contributed by atoms with Crippen molar-refractivity contribution in [2.24, 2.45) is 5.92 Å². The van der Waals surface area contributed by atoms with Crippen LogP contribution in [0, 0.1) is 12.8 Å². The van der Waals surface area contributed by atoms with Gasteiger partial charge < -0.3 is 9.47 Å². The van der Waals surface area contributed by atoms with Crippen molar-refractivity contribution in [1.29, 1.82) is 0 Å². The molecule has 2 heterocycles. The number of benzene rings is 2. The standard InChI is InChI=1S/C24H27N3O/c1-19-25-13-16-27(19)18-22-7-9-23(10-8-22)24(28)26-14-11-21(12-15-26)17-20-5-3-2-4-6-20/h2-10,13,16,21H,11-12,14-15,17-18H2,1H3. The van der Waals surface area contributed by atoms with Gasteiger partial charge in [0.25, 0.3) is 5.91 Å². The van der Waals surface area contributed by atoms with Crippen molar-refractivity contribution >= 4 is 5.91 Å². The number of carbonyl (C=O) groups is 1. The van der Waals surface area contributed by atoms with Crippen LogP contribution in [0.1, 0.15) is 40.2 Å². The third-order valence-electron chi connectivity index (χ3n) is 5.75. The van der Waals surface area contributed by atoms with E-state index in [2.05, 4.69) is 52.0 Å². The van der Waals surface area contributed by atoms with Crippen LogP contribution in [-0.4, -0.2) is 33.4 Å². The highest BCUT2D eigenvalue weighted by atomic mass is 16.2. The van der Waals surface area contributed by atoms with Crippen molar-refractivity contribution in [3.05, 3.63) is 89.5 Å². The number of nitrogens with zero attached hydrogens (tertiary/aromatic N) is 3. The number of rotatable bonds is 5. The Bertz CT molecular complexity index is 907. The molecule has 1 fully saturated rings. The van der Waals surface area contributed by atoms with Gasteiger partial charge in [0.1, 0.15) is 5.82 Å². The van der Waals surface area contributed by atoms with Crippen LogP contribution >= 0.6 is 0 Å². The van der Waals surface area contributed by atoms with E-state index in [0.717, 1.165) is 50.3 Å². The molecule has 0 atom stereocenters. The summed E-state index contributed by atoms with van der Waals surface area (Å²) in [5.74, 6) is 1.83. The first-order chi connectivity index (χ1) is 13.7. The van der Waals surface area contributed by atoms with Crippen LogP contribution in [0.2, 0.25) is 0 Å². The fourth-order valence-electron chi connectivity index (χ4n) is 3.99. The predicted octanol–water partition coefficient (Wildman–Crippen LogP) is 4.33. The van der Waals surface area contributed by atoms with Crippen molar-refractivity contribution in [1.82, 2.24) is 14.5 Å². The van der Waals surface area contributed by atoms with Crippen LogP contribution in [0.25, 0.3) is 0 Å². The van der Waals surface area contributed by atoms with Crippen molar-refractivity contribution < 1.29 is 4.79 Å². The Hall–Kier alpha value is -2.88. The molecule has 1 amide bonds. The Morgan fingerprint density at radius 2 is 1.71 bits per heavy atom. The van der Waals surface area contributed by atoms with E-state index < -0.39 is 0 Å². The lowest BCUT2D eigenvalue weighted by molar-refractivity contribution is 0.0690. The van der Waals surface area contributed by atoms with Gasteiger partial charge in [0.05, 0.1) is 0 Å². The molecule has 0 saturated carbocycles. The Morgan fingerprint density at radius 1 is 1.00 bits per heavy atom. The minimum absolute atomic E-state index is 0.156. The summed E-state index contributed by atoms with van der Waals surface area (Å²) in [7, 11) is 0. The monoisotopic (exact) mass is 373 g/mol. The van der Waals surface area contributed by atoms with Gasteiger partial charge in [0, 0.05) is 37.6 Å². The number of likely N-dealkylation sites (tertiary alicyclic amines) is 1. The average Bonchev–Trinajstić information content (AvgIpc) is 3.14. The number of hydrogen-bond acceptors (Lipinski definition) is 2. The quantitative estimate of drug-likeness (QED) is 0.667. The van der Waals surface area contributed by atoms with Gasteiger partial charge in [-0.15, -0.1) is 0 Å². The van der Waals surface area contributed by atoms with E-state index in [9.17, 15) is 4.79 Å². The highest BCUT2D eigenvalue weighted by Crippen LogP contribution is 2.23. The highest BCUT2D eigenvalue weighted by Gasteiger charge is 2.23. The minimum Gasteiger partial charge on any atom is -0.339 e. The second-order valence-electron chi connectivity index (χ2n) is 7.72. The molecule has 0 radical (unpaired) electrons. The fraction of sp³-hybridized carbons (Fsp3) is 0.333. The molecule has 0 N–H and O–H groups in total. The maximum absolute atomic E-state index is 12.9. The van der Waals surface area contributed by atoms with Crippen LogP contribution in [0.5, 0.6) is 0 Å². The number of imidazole rings is 1. The topological polar surface area (TPSA) is 38.1 Å². The summed E-state index contributed by atoms with van der Waals surface area (Å²) in [5, 5.41) is 0. The van der Waals surface area contributed by atoms with Gasteiger partial charge in [0.2, 0.25) is 0 Å². The maximum Gasteiger partial charge on any atom is 0.253 e. The molecule has 0 spiro atoms. The van der Waals surface area contributed by atoms with Crippen LogP contribution in [0.4, 0.5) is 0 Å². The second-order valence-corrected chi connectivity index (χ2v) is 7.72. The lowest BCUT2D eigenvalue weighted by Gasteiger charge is -2.32. The van der Waals surface area contributed by atoms with Gasteiger partial charge in [-0.3, -0.25) is 4.79 Å². The second kappa shape index (κ2) is 8.42. The van der Waals surface area contributed by atoms with Gasteiger partial charge in [-0.2, -0.15) is 0 Å². The van der Waals surface area contributed by atoms with Crippen LogP contribution < -0.4 is 0 Å². The van der Waals surface area contributed by atoms with E-state index in [1.807, 2.05) is 36.4 Å². The van der Waals surface area contributed by atoms with E-state index in [-0.39, 0.29) is 5.91 Å². The van der Waals surface area contributed by atoms with E-state index in [1.165, 1.54) is 11.1 Å². The third-order valence-corrected chi connectivity index (χ3v) is 5.75. The van der Waals surface area contributed by atoms with Crippen LogP contribution in [-0.2, 0) is 13.0 Å². The number of amides is 1. The average molecular weight is 374 g/mol. The molecule has 1 saturated heterocycles. The maximum atomic E-state index is 12.9. The Kier molecular flexibility index (Phi) is 5.56. The molecule has 3 aromatic rings. The summed E-state index contributed by atoms with van der Waals surface area (Å²) in [6, 6.07) is 18.7. The van der Waals surface area contributed by atoms with E-state index in [1.54, 1.807) is 0 Å². The van der Waals surface area contributed by atoms with Crippen molar-refractivity contribution in [3.63, 3.8) is 0 Å². The molecular formula is C24H27N3O. The molecule has 0 bridgehead atoms. The smallest absolute Gasteiger partial charge is 0.253 e. The lowest BCUT2D eigenvalue weighted by Crippen LogP contribution is -2.38. The molecule has 1 aromatic heterocycles. The Labute approximate surface area is 166 Å². The molecule has 144 valence electrons. The largest absolute Gasteiger partial charge is 0.339 e. The lowest BCUT2D eigenvalue weighted by atomic mass is 9.90. The van der Waals surface area contributed by atoms with Gasteiger partial charge in [0.15, 0.2) is 0 Å². The van der Waals surface area contributed by atoms with E-state index >= 15 is 0 Å². The summed E-state index contributed by atoms with van der Waals surface area (Å²) in [5.41, 5.74) is 3.36. The number of aryl methyl sites for hydroxylation is 1. The van der Waals surface area contributed by atoms with Gasteiger partial charge in [-0.25, -0.2) is 4.98 Å². The summed E-state index contributed by atoms with van der Waals surface area (Å²) >= 11 is 0. The van der Waals surface area contributed by atoms with E-state index in [4.69, 9.17) is 0 Å². The summed E-state index contributed by atoms with van der Waals surface area (Å²) < 4.78 is 2.11. The van der Waals surface area contributed by atoms with Crippen molar-refractivity contribution in [3.8, 4) is 0 Å². The SMILES string of the molecule is Cc1nccn1Cc1ccc(C(=O)N2CCC(Cc3ccccc3)CC2)cc1. The molecule has 4 rings (SSSR count). The summed E-state index contributed by atoms with van der Waals surface area (Å²) in [6.07, 6.45) is 7.07. The first kappa shape index (κ1) is 18.5. The molecule has 0 aliphatic carbocycles. The molecule has 4 nitrogen and oxygen atoms in total. The molecular weight excluding hydrogens is 346 g/mol. The van der Waals surface area contributed by atoms with Gasteiger partial charge >= 0.3 is 0 Å². The van der Waals surface area contributed by atoms with Crippen molar-refractivity contribution in [2.75, 3.05) is 13.1 Å². The van der Waals surface area contributed by atoms with Crippen molar-refractivity contribution in [2.45, 2.75) is 32.7 Å². The number of hydrogen-bond donors (Lipinski definition) is 0. The summed E-state index contributed by atoms with van der Waals surface area (Å²) in [4.78, 5) is 19.1. The Balaban J connectivity index is 1.32. The molecule has 4 heteroatoms. The number of aromatic nitrogens is 2. The van der Waals surface area contributed by atoms with Crippen LogP contribution in [0.15, 0.2) is 67.0 Å². The zero-order chi connectivity index (χ0) is 19.3. The van der Waals surface area contributed by atoms with Crippen LogP contribution in [0.3, 0.4) is 0 Å². The fourth-order valence-corrected chi connectivity index (χ4v) is 3.99. The summed E-state index contributed by atoms with van der Waals surface area (Å²) in [6.45, 7) is 4.49. The van der Waals surface area contributed by atoms with Gasteiger partial charge in [-0.1, -0.05) is 42.5 Å². The third kappa shape index (κ3) is 4.33. The first-order valence-electron chi connectivity index (χ1n) is 10.1. The van der Waals surface area contributed by atoms with E-state index in [0.29, 0.717) is 5.92 Å².